The SMILES string of the molecule is CC(C)c1cc(-c2[c-]cccc2)ncc1[Si](C)(C)C.CCC(C)(CC)c1ccnc(-c2[c-]ccc3c2oc2ncccc23)c1.[Ir]. The van der Waals surface area contributed by atoms with Gasteiger partial charge < -0.3 is 14.4 Å². The van der Waals surface area contributed by atoms with E-state index in [2.05, 4.69) is 112 Å². The molecular weight excluding hydrogens is 747 g/mol. The van der Waals surface area contributed by atoms with E-state index >= 15 is 0 Å². The van der Waals surface area contributed by atoms with Crippen LogP contribution in [0.3, 0.4) is 0 Å². The van der Waals surface area contributed by atoms with Gasteiger partial charge in [-0.3, -0.25) is 0 Å². The van der Waals surface area contributed by atoms with Crippen molar-refractivity contribution in [3.63, 3.8) is 0 Å². The molecule has 1 radical (unpaired) electrons. The summed E-state index contributed by atoms with van der Waals surface area (Å²) in [5.41, 5.74) is 8.27. The van der Waals surface area contributed by atoms with E-state index < -0.39 is 8.07 Å². The van der Waals surface area contributed by atoms with Crippen molar-refractivity contribution in [3.8, 4) is 22.5 Å². The predicted molar refractivity (Wildman–Crippen MR) is 187 cm³/mol. The molecule has 0 saturated carbocycles. The molecular formula is C39H43IrN3OSi-2. The molecule has 235 valence electrons. The van der Waals surface area contributed by atoms with Gasteiger partial charge in [0.1, 0.15) is 0 Å². The summed E-state index contributed by atoms with van der Waals surface area (Å²) in [6, 6.07) is 29.1. The number of pyridine rings is 3. The number of furan rings is 1. The number of fused-ring (bicyclic) bond motifs is 3. The normalized spacial score (nSPS) is 11.8. The Morgan fingerprint density at radius 3 is 2.27 bits per heavy atom. The van der Waals surface area contributed by atoms with Crippen LogP contribution in [0.15, 0.2) is 89.7 Å². The fourth-order valence-corrected chi connectivity index (χ4v) is 7.32. The van der Waals surface area contributed by atoms with E-state index in [9.17, 15) is 0 Å². The van der Waals surface area contributed by atoms with Crippen molar-refractivity contribution in [2.45, 2.75) is 78.4 Å². The largest absolute Gasteiger partial charge is 0.486 e. The Kier molecular flexibility index (Phi) is 11.0. The number of benzene rings is 2. The van der Waals surface area contributed by atoms with Gasteiger partial charge in [0.25, 0.3) is 0 Å². The molecule has 4 heterocycles. The van der Waals surface area contributed by atoms with Gasteiger partial charge in [0.2, 0.25) is 5.71 Å². The predicted octanol–water partition coefficient (Wildman–Crippen LogP) is 10.1. The number of hydrogen-bond acceptors (Lipinski definition) is 4. The molecule has 0 saturated heterocycles. The van der Waals surface area contributed by atoms with Gasteiger partial charge in [-0.05, 0) is 64.5 Å². The van der Waals surface area contributed by atoms with E-state index in [1.165, 1.54) is 16.3 Å². The van der Waals surface area contributed by atoms with Crippen LogP contribution >= 0.6 is 0 Å². The van der Waals surface area contributed by atoms with Crippen molar-refractivity contribution < 1.29 is 24.5 Å². The van der Waals surface area contributed by atoms with Crippen LogP contribution in [0.5, 0.6) is 0 Å². The first-order valence-corrected chi connectivity index (χ1v) is 19.2. The second kappa shape index (κ2) is 14.3. The van der Waals surface area contributed by atoms with Crippen molar-refractivity contribution in [1.82, 2.24) is 15.0 Å². The van der Waals surface area contributed by atoms with Gasteiger partial charge in [0.15, 0.2) is 0 Å². The molecule has 0 bridgehead atoms. The second-order valence-corrected chi connectivity index (χ2v) is 18.1. The first kappa shape index (κ1) is 34.4. The molecule has 6 heteroatoms. The standard InChI is InChI=1S/C22H21N2O.C17H22NSi.Ir/c1-4-22(3,5-2)15-11-13-23-19(14-15)18-9-6-8-16-17-10-7-12-24-21(17)25-20(16)18;1-13(2)15-11-16(14-9-7-6-8-10-14)18-12-17(15)19(3,4)5;/h6-8,10-14H,4-5H2,1-3H3;6-9,11-13H,1-5H3;/q2*-1;. The Balaban J connectivity index is 0.000000208. The van der Waals surface area contributed by atoms with Crippen LogP contribution in [-0.2, 0) is 25.5 Å². The Hall–Kier alpha value is -3.44. The third-order valence-electron chi connectivity index (χ3n) is 8.83. The maximum Gasteiger partial charge on any atom is 0.216 e. The van der Waals surface area contributed by atoms with E-state index in [-0.39, 0.29) is 25.5 Å². The summed E-state index contributed by atoms with van der Waals surface area (Å²) in [7, 11) is -1.34. The second-order valence-electron chi connectivity index (χ2n) is 13.1. The van der Waals surface area contributed by atoms with E-state index in [1.54, 1.807) is 6.20 Å². The quantitative estimate of drug-likeness (QED) is 0.119. The van der Waals surface area contributed by atoms with Crippen molar-refractivity contribution in [2.75, 3.05) is 0 Å². The minimum Gasteiger partial charge on any atom is -0.486 e. The molecule has 6 aromatic rings. The van der Waals surface area contributed by atoms with Crippen LogP contribution in [0.4, 0.5) is 0 Å². The van der Waals surface area contributed by atoms with Gasteiger partial charge in [0, 0.05) is 44.1 Å². The van der Waals surface area contributed by atoms with Gasteiger partial charge in [-0.1, -0.05) is 82.9 Å². The van der Waals surface area contributed by atoms with Crippen LogP contribution < -0.4 is 5.19 Å². The average molecular weight is 790 g/mol. The van der Waals surface area contributed by atoms with Crippen molar-refractivity contribution in [2.24, 2.45) is 0 Å². The monoisotopic (exact) mass is 790 g/mol. The molecule has 0 N–H and O–H groups in total. The molecule has 4 nitrogen and oxygen atoms in total. The molecule has 2 aromatic carbocycles. The third kappa shape index (κ3) is 7.35. The molecule has 0 fully saturated rings. The summed E-state index contributed by atoms with van der Waals surface area (Å²) in [6.07, 6.45) is 7.92. The Bertz CT molecular complexity index is 1870. The number of aromatic nitrogens is 3. The Morgan fingerprint density at radius 1 is 0.822 bits per heavy atom. The van der Waals surface area contributed by atoms with Gasteiger partial charge in [0.05, 0.1) is 13.7 Å². The summed E-state index contributed by atoms with van der Waals surface area (Å²) < 4.78 is 6.03. The first-order chi connectivity index (χ1) is 21.1. The zero-order valence-electron chi connectivity index (χ0n) is 27.7. The molecule has 0 aliphatic heterocycles. The molecule has 45 heavy (non-hydrogen) atoms. The molecule has 0 spiro atoms. The number of nitrogens with zero attached hydrogens (tertiary/aromatic N) is 3. The van der Waals surface area contributed by atoms with Crippen LogP contribution in [-0.4, -0.2) is 23.0 Å². The Morgan fingerprint density at radius 2 is 1.60 bits per heavy atom. The smallest absolute Gasteiger partial charge is 0.216 e. The topological polar surface area (TPSA) is 51.8 Å². The summed E-state index contributed by atoms with van der Waals surface area (Å²) in [5.74, 6) is 0.534. The van der Waals surface area contributed by atoms with Crippen molar-refractivity contribution in [1.29, 1.82) is 0 Å². The molecule has 0 amide bonds. The van der Waals surface area contributed by atoms with Crippen molar-refractivity contribution in [3.05, 3.63) is 109 Å². The molecule has 0 aliphatic rings. The van der Waals surface area contributed by atoms with Gasteiger partial charge >= 0.3 is 0 Å². The van der Waals surface area contributed by atoms with E-state index in [0.717, 1.165) is 51.7 Å². The van der Waals surface area contributed by atoms with Crippen LogP contribution in [0.25, 0.3) is 44.6 Å². The van der Waals surface area contributed by atoms with Crippen molar-refractivity contribution >= 4 is 35.3 Å². The summed E-state index contributed by atoms with van der Waals surface area (Å²) >= 11 is 0. The van der Waals surface area contributed by atoms with E-state index in [1.807, 2.05) is 48.7 Å². The Labute approximate surface area is 283 Å². The van der Waals surface area contributed by atoms with Gasteiger partial charge in [-0.15, -0.1) is 54.1 Å². The van der Waals surface area contributed by atoms with E-state index in [4.69, 9.17) is 4.42 Å². The molecule has 0 unspecified atom stereocenters. The average Bonchev–Trinajstić information content (AvgIpc) is 3.43. The fourth-order valence-electron chi connectivity index (χ4n) is 5.64. The molecule has 4 aromatic heterocycles. The van der Waals surface area contributed by atoms with E-state index in [0.29, 0.717) is 11.6 Å². The van der Waals surface area contributed by atoms with Crippen LogP contribution in [0, 0.1) is 12.1 Å². The summed E-state index contributed by atoms with van der Waals surface area (Å²) in [6.45, 7) is 18.4. The minimum atomic E-state index is -1.34. The number of hydrogen-bond donors (Lipinski definition) is 0. The minimum absolute atomic E-state index is 0. The third-order valence-corrected chi connectivity index (χ3v) is 10.9. The molecule has 0 atom stereocenters. The first-order valence-electron chi connectivity index (χ1n) is 15.7. The van der Waals surface area contributed by atoms with Gasteiger partial charge in [-0.25, -0.2) is 4.98 Å². The molecule has 6 rings (SSSR count). The van der Waals surface area contributed by atoms with Crippen LogP contribution in [0.2, 0.25) is 19.6 Å². The fraction of sp³-hybridized carbons (Fsp3) is 0.308. The maximum absolute atomic E-state index is 6.03. The maximum atomic E-state index is 6.03. The summed E-state index contributed by atoms with van der Waals surface area (Å²) in [5, 5.41) is 3.55. The van der Waals surface area contributed by atoms with Gasteiger partial charge in [-0.2, -0.15) is 0 Å². The zero-order chi connectivity index (χ0) is 31.5. The van der Waals surface area contributed by atoms with Crippen LogP contribution in [0.1, 0.15) is 64.5 Å². The zero-order valence-corrected chi connectivity index (χ0v) is 31.1. The molecule has 0 aliphatic carbocycles. The summed E-state index contributed by atoms with van der Waals surface area (Å²) in [4.78, 5) is 13.6. The number of rotatable bonds is 7.